The van der Waals surface area contributed by atoms with Gasteiger partial charge in [0.15, 0.2) is 0 Å². The minimum Gasteiger partial charge on any atom is -0.239 e. The summed E-state index contributed by atoms with van der Waals surface area (Å²) in [6, 6.07) is 8.03. The molecule has 0 N–H and O–H groups in total. The molecule has 4 rings (SSSR count). The van der Waals surface area contributed by atoms with E-state index in [0.29, 0.717) is 13.1 Å². The van der Waals surface area contributed by atoms with Gasteiger partial charge in [-0.2, -0.15) is 17.0 Å². The first-order valence-electron chi connectivity index (χ1n) is 9.21. The molecule has 0 bridgehead atoms. The van der Waals surface area contributed by atoms with Gasteiger partial charge in [0.05, 0.1) is 16.3 Å². The number of thiazole rings is 1. The first-order chi connectivity index (χ1) is 12.1. The maximum Gasteiger partial charge on any atom is 0.282 e. The van der Waals surface area contributed by atoms with Crippen LogP contribution in [-0.2, 0) is 10.2 Å². The Labute approximate surface area is 153 Å². The number of para-hydroxylation sites is 1. The quantitative estimate of drug-likeness (QED) is 0.811. The first-order valence-corrected chi connectivity index (χ1v) is 11.4. The van der Waals surface area contributed by atoms with Gasteiger partial charge in [-0.05, 0) is 44.7 Å². The molecule has 2 aromatic rings. The molecule has 0 spiro atoms. The van der Waals surface area contributed by atoms with Gasteiger partial charge in [-0.1, -0.05) is 25.0 Å². The zero-order valence-corrected chi connectivity index (χ0v) is 16.2. The minimum atomic E-state index is -3.44. The third-order valence-corrected chi connectivity index (χ3v) is 8.69. The van der Waals surface area contributed by atoms with Crippen LogP contribution in [0.25, 0.3) is 10.2 Å². The van der Waals surface area contributed by atoms with Crippen molar-refractivity contribution in [3.63, 3.8) is 0 Å². The van der Waals surface area contributed by atoms with Gasteiger partial charge in [-0.15, -0.1) is 11.3 Å². The van der Waals surface area contributed by atoms with Crippen LogP contribution in [0.3, 0.4) is 0 Å². The van der Waals surface area contributed by atoms with Gasteiger partial charge in [0.1, 0.15) is 5.01 Å². The van der Waals surface area contributed by atoms with Crippen molar-refractivity contribution in [2.24, 2.45) is 0 Å². The molecule has 2 atom stereocenters. The van der Waals surface area contributed by atoms with Crippen LogP contribution in [0.5, 0.6) is 0 Å². The topological polar surface area (TPSA) is 53.5 Å². The van der Waals surface area contributed by atoms with Gasteiger partial charge in [-0.3, -0.25) is 0 Å². The molecule has 0 radical (unpaired) electrons. The van der Waals surface area contributed by atoms with Gasteiger partial charge in [0.2, 0.25) is 0 Å². The van der Waals surface area contributed by atoms with E-state index in [9.17, 15) is 8.42 Å². The normalized spacial score (nSPS) is 26.9. The predicted molar refractivity (Wildman–Crippen MR) is 102 cm³/mol. The Morgan fingerprint density at radius 2 is 1.76 bits per heavy atom. The standard InChI is InChI=1S/C18H25N3O2S2/c1-14-8-4-6-12-20(14)25(22,23)21-13-7-5-10-16(21)18-19-15-9-2-3-11-17(15)24-18/h2-3,9,11,14,16H,4-8,10,12-13H2,1H3/t14-,16-/m1/s1. The SMILES string of the molecule is C[C@@H]1CCCCN1S(=O)(=O)N1CCCC[C@@H]1c1nc2ccccc2s1. The number of fused-ring (bicyclic) bond motifs is 1. The van der Waals surface area contributed by atoms with E-state index in [1.165, 1.54) is 0 Å². The van der Waals surface area contributed by atoms with E-state index in [1.807, 2.05) is 25.1 Å². The third-order valence-electron chi connectivity index (χ3n) is 5.38. The summed E-state index contributed by atoms with van der Waals surface area (Å²) >= 11 is 1.64. The fourth-order valence-corrected chi connectivity index (χ4v) is 7.27. The molecule has 2 aliphatic rings. The number of aromatic nitrogens is 1. The smallest absolute Gasteiger partial charge is 0.239 e. The molecule has 25 heavy (non-hydrogen) atoms. The van der Waals surface area contributed by atoms with Gasteiger partial charge in [0, 0.05) is 19.1 Å². The molecular weight excluding hydrogens is 354 g/mol. The third kappa shape index (κ3) is 3.23. The van der Waals surface area contributed by atoms with Crippen LogP contribution in [0.2, 0.25) is 0 Å². The van der Waals surface area contributed by atoms with Crippen molar-refractivity contribution in [2.45, 2.75) is 57.5 Å². The van der Waals surface area contributed by atoms with Crippen molar-refractivity contribution in [2.75, 3.05) is 13.1 Å². The molecule has 0 amide bonds. The predicted octanol–water partition coefficient (Wildman–Crippen LogP) is 3.94. The number of hydrogen-bond donors (Lipinski definition) is 0. The minimum absolute atomic E-state index is 0.0942. The summed E-state index contributed by atoms with van der Waals surface area (Å²) in [6.45, 7) is 3.28. The lowest BCUT2D eigenvalue weighted by molar-refractivity contribution is 0.203. The number of rotatable bonds is 3. The molecule has 2 saturated heterocycles. The Bertz CT molecular complexity index is 816. The monoisotopic (exact) mass is 379 g/mol. The lowest BCUT2D eigenvalue weighted by Crippen LogP contribution is -2.51. The molecule has 0 aliphatic carbocycles. The average Bonchev–Trinajstić information content (AvgIpc) is 3.06. The summed E-state index contributed by atoms with van der Waals surface area (Å²) in [7, 11) is -3.44. The van der Waals surface area contributed by atoms with Crippen molar-refractivity contribution in [1.29, 1.82) is 0 Å². The highest BCUT2D eigenvalue weighted by atomic mass is 32.2. The molecule has 7 heteroatoms. The van der Waals surface area contributed by atoms with Crippen LogP contribution < -0.4 is 0 Å². The average molecular weight is 380 g/mol. The van der Waals surface area contributed by atoms with Gasteiger partial charge >= 0.3 is 0 Å². The number of benzene rings is 1. The van der Waals surface area contributed by atoms with E-state index in [0.717, 1.165) is 53.7 Å². The van der Waals surface area contributed by atoms with Crippen LogP contribution in [-0.4, -0.2) is 41.1 Å². The van der Waals surface area contributed by atoms with Gasteiger partial charge < -0.3 is 0 Å². The second-order valence-electron chi connectivity index (χ2n) is 7.11. The van der Waals surface area contributed by atoms with Crippen LogP contribution >= 0.6 is 11.3 Å². The second-order valence-corrected chi connectivity index (χ2v) is 10.0. The van der Waals surface area contributed by atoms with Crippen LogP contribution in [0.1, 0.15) is 56.5 Å². The van der Waals surface area contributed by atoms with Crippen molar-refractivity contribution >= 4 is 31.8 Å². The Balaban J connectivity index is 1.68. The van der Waals surface area contributed by atoms with E-state index < -0.39 is 10.2 Å². The van der Waals surface area contributed by atoms with E-state index in [1.54, 1.807) is 19.9 Å². The number of nitrogens with zero attached hydrogens (tertiary/aromatic N) is 3. The van der Waals surface area contributed by atoms with Crippen molar-refractivity contribution in [3.8, 4) is 0 Å². The lowest BCUT2D eigenvalue weighted by Gasteiger charge is -2.40. The van der Waals surface area contributed by atoms with E-state index in [-0.39, 0.29) is 12.1 Å². The molecule has 136 valence electrons. The molecule has 2 aliphatic heterocycles. The Morgan fingerprint density at radius 3 is 2.52 bits per heavy atom. The molecule has 1 aromatic carbocycles. The van der Waals surface area contributed by atoms with Crippen LogP contribution in [0, 0.1) is 0 Å². The maximum atomic E-state index is 13.4. The molecule has 0 saturated carbocycles. The van der Waals surface area contributed by atoms with Gasteiger partial charge in [0.25, 0.3) is 10.2 Å². The Morgan fingerprint density at radius 1 is 1.04 bits per heavy atom. The van der Waals surface area contributed by atoms with Crippen molar-refractivity contribution in [3.05, 3.63) is 29.3 Å². The Hall–Kier alpha value is -1.02. The zero-order valence-electron chi connectivity index (χ0n) is 14.6. The highest BCUT2D eigenvalue weighted by Gasteiger charge is 2.40. The summed E-state index contributed by atoms with van der Waals surface area (Å²) in [5.41, 5.74) is 0.969. The lowest BCUT2D eigenvalue weighted by atomic mass is 10.1. The zero-order chi connectivity index (χ0) is 17.4. The summed E-state index contributed by atoms with van der Waals surface area (Å²) in [5, 5.41) is 0.939. The Kier molecular flexibility index (Phi) is 4.83. The molecule has 0 unspecified atom stereocenters. The summed E-state index contributed by atoms with van der Waals surface area (Å²) in [4.78, 5) is 4.76. The molecule has 1 aromatic heterocycles. The summed E-state index contributed by atoms with van der Waals surface area (Å²) in [5.74, 6) is 0. The van der Waals surface area contributed by atoms with Crippen molar-refractivity contribution in [1.82, 2.24) is 13.6 Å². The second kappa shape index (κ2) is 6.95. The molecule has 2 fully saturated rings. The summed E-state index contributed by atoms with van der Waals surface area (Å²) < 4.78 is 31.3. The number of piperidine rings is 2. The van der Waals surface area contributed by atoms with Crippen LogP contribution in [0.4, 0.5) is 0 Å². The first kappa shape index (κ1) is 17.4. The largest absolute Gasteiger partial charge is 0.282 e. The van der Waals surface area contributed by atoms with E-state index in [4.69, 9.17) is 4.98 Å². The summed E-state index contributed by atoms with van der Waals surface area (Å²) in [6.07, 6.45) is 5.89. The van der Waals surface area contributed by atoms with Crippen molar-refractivity contribution < 1.29 is 8.42 Å². The molecular formula is C18H25N3O2S2. The fraction of sp³-hybridized carbons (Fsp3) is 0.611. The molecule has 5 nitrogen and oxygen atoms in total. The number of hydrogen-bond acceptors (Lipinski definition) is 4. The van der Waals surface area contributed by atoms with E-state index >= 15 is 0 Å². The van der Waals surface area contributed by atoms with E-state index in [2.05, 4.69) is 6.07 Å². The maximum absolute atomic E-state index is 13.4. The fourth-order valence-electron chi connectivity index (χ4n) is 4.01. The van der Waals surface area contributed by atoms with Gasteiger partial charge in [-0.25, -0.2) is 4.98 Å². The molecule has 3 heterocycles. The highest BCUT2D eigenvalue weighted by molar-refractivity contribution is 7.86. The van der Waals surface area contributed by atoms with Crippen LogP contribution in [0.15, 0.2) is 24.3 Å². The highest BCUT2D eigenvalue weighted by Crippen LogP contribution is 2.38.